The SMILES string of the molecule is CC(CN(C)CC(C)(C)O)c1ccccc1. The Hall–Kier alpha value is -0.860. The highest BCUT2D eigenvalue weighted by Gasteiger charge is 2.17. The van der Waals surface area contributed by atoms with Gasteiger partial charge in [-0.25, -0.2) is 0 Å². The van der Waals surface area contributed by atoms with E-state index < -0.39 is 5.60 Å². The van der Waals surface area contributed by atoms with Crippen molar-refractivity contribution >= 4 is 0 Å². The van der Waals surface area contributed by atoms with Crippen LogP contribution < -0.4 is 0 Å². The number of benzene rings is 1. The van der Waals surface area contributed by atoms with Crippen LogP contribution in [0.3, 0.4) is 0 Å². The monoisotopic (exact) mass is 221 g/mol. The Labute approximate surface area is 98.9 Å². The number of rotatable bonds is 5. The highest BCUT2D eigenvalue weighted by molar-refractivity contribution is 5.18. The van der Waals surface area contributed by atoms with Gasteiger partial charge in [-0.05, 0) is 32.4 Å². The van der Waals surface area contributed by atoms with Crippen molar-refractivity contribution in [3.63, 3.8) is 0 Å². The Kier molecular flexibility index (Phi) is 4.51. The van der Waals surface area contributed by atoms with E-state index in [0.717, 1.165) is 6.54 Å². The molecule has 0 radical (unpaired) electrons. The highest BCUT2D eigenvalue weighted by Crippen LogP contribution is 2.16. The van der Waals surface area contributed by atoms with Gasteiger partial charge >= 0.3 is 0 Å². The lowest BCUT2D eigenvalue weighted by Crippen LogP contribution is -2.37. The van der Waals surface area contributed by atoms with E-state index in [9.17, 15) is 5.11 Å². The Morgan fingerprint density at radius 2 is 1.81 bits per heavy atom. The average molecular weight is 221 g/mol. The lowest BCUT2D eigenvalue weighted by Gasteiger charge is -2.27. The quantitative estimate of drug-likeness (QED) is 0.825. The van der Waals surface area contributed by atoms with Crippen LogP contribution in [0.4, 0.5) is 0 Å². The molecule has 0 spiro atoms. The van der Waals surface area contributed by atoms with E-state index in [1.54, 1.807) is 0 Å². The zero-order valence-electron chi connectivity index (χ0n) is 10.8. The first-order chi connectivity index (χ1) is 7.38. The van der Waals surface area contributed by atoms with Crippen molar-refractivity contribution in [1.82, 2.24) is 4.90 Å². The average Bonchev–Trinajstić information content (AvgIpc) is 2.16. The molecule has 0 amide bonds. The summed E-state index contributed by atoms with van der Waals surface area (Å²) in [5.74, 6) is 0.494. The van der Waals surface area contributed by atoms with Crippen LogP contribution in [0.25, 0.3) is 0 Å². The summed E-state index contributed by atoms with van der Waals surface area (Å²) in [6.07, 6.45) is 0. The summed E-state index contributed by atoms with van der Waals surface area (Å²) in [5.41, 5.74) is 0.732. The van der Waals surface area contributed by atoms with Gasteiger partial charge in [0.25, 0.3) is 0 Å². The van der Waals surface area contributed by atoms with Crippen molar-refractivity contribution in [3.8, 4) is 0 Å². The maximum atomic E-state index is 9.73. The van der Waals surface area contributed by atoms with Gasteiger partial charge in [0.1, 0.15) is 0 Å². The molecule has 1 atom stereocenters. The van der Waals surface area contributed by atoms with Gasteiger partial charge in [-0.15, -0.1) is 0 Å². The summed E-state index contributed by atoms with van der Waals surface area (Å²) in [6, 6.07) is 10.5. The molecular weight excluding hydrogens is 198 g/mol. The minimum Gasteiger partial charge on any atom is -0.389 e. The molecule has 0 aliphatic carbocycles. The summed E-state index contributed by atoms with van der Waals surface area (Å²) >= 11 is 0. The summed E-state index contributed by atoms with van der Waals surface area (Å²) in [6.45, 7) is 7.57. The summed E-state index contributed by atoms with van der Waals surface area (Å²) < 4.78 is 0. The number of hydrogen-bond acceptors (Lipinski definition) is 2. The summed E-state index contributed by atoms with van der Waals surface area (Å²) in [7, 11) is 2.05. The molecule has 0 saturated carbocycles. The molecule has 0 saturated heterocycles. The second-order valence-electron chi connectivity index (χ2n) is 5.32. The Morgan fingerprint density at radius 3 is 2.31 bits per heavy atom. The zero-order chi connectivity index (χ0) is 12.2. The largest absolute Gasteiger partial charge is 0.389 e. The molecule has 1 aromatic carbocycles. The number of nitrogens with zero attached hydrogens (tertiary/aromatic N) is 1. The third-order valence-electron chi connectivity index (χ3n) is 2.61. The van der Waals surface area contributed by atoms with Crippen LogP contribution in [0, 0.1) is 0 Å². The van der Waals surface area contributed by atoms with Crippen LogP contribution in [-0.2, 0) is 0 Å². The fraction of sp³-hybridized carbons (Fsp3) is 0.571. The van der Waals surface area contributed by atoms with Crippen molar-refractivity contribution in [3.05, 3.63) is 35.9 Å². The smallest absolute Gasteiger partial charge is 0.0718 e. The minimum atomic E-state index is -0.620. The molecule has 16 heavy (non-hydrogen) atoms. The Bertz CT molecular complexity index is 302. The number of hydrogen-bond donors (Lipinski definition) is 1. The van der Waals surface area contributed by atoms with Gasteiger partial charge in [0.15, 0.2) is 0 Å². The van der Waals surface area contributed by atoms with Crippen LogP contribution in [0.2, 0.25) is 0 Å². The van der Waals surface area contributed by atoms with Gasteiger partial charge in [0.2, 0.25) is 0 Å². The van der Waals surface area contributed by atoms with Crippen molar-refractivity contribution in [2.45, 2.75) is 32.3 Å². The van der Waals surface area contributed by atoms with Crippen LogP contribution >= 0.6 is 0 Å². The first kappa shape index (κ1) is 13.2. The Morgan fingerprint density at radius 1 is 1.25 bits per heavy atom. The van der Waals surface area contributed by atoms with Gasteiger partial charge < -0.3 is 10.0 Å². The van der Waals surface area contributed by atoms with E-state index in [-0.39, 0.29) is 0 Å². The van der Waals surface area contributed by atoms with E-state index >= 15 is 0 Å². The predicted octanol–water partition coefficient (Wildman–Crippen LogP) is 2.49. The fourth-order valence-electron chi connectivity index (χ4n) is 2.08. The molecule has 0 aliphatic rings. The first-order valence-electron chi connectivity index (χ1n) is 5.84. The molecule has 2 heteroatoms. The molecule has 0 heterocycles. The van der Waals surface area contributed by atoms with Crippen LogP contribution in [0.15, 0.2) is 30.3 Å². The third kappa shape index (κ3) is 4.77. The van der Waals surface area contributed by atoms with Gasteiger partial charge in [-0.2, -0.15) is 0 Å². The van der Waals surface area contributed by atoms with Crippen molar-refractivity contribution in [1.29, 1.82) is 0 Å². The lowest BCUT2D eigenvalue weighted by molar-refractivity contribution is 0.0433. The van der Waals surface area contributed by atoms with Crippen LogP contribution in [0.1, 0.15) is 32.3 Å². The topological polar surface area (TPSA) is 23.5 Å². The summed E-state index contributed by atoms with van der Waals surface area (Å²) in [4.78, 5) is 2.18. The second-order valence-corrected chi connectivity index (χ2v) is 5.32. The predicted molar refractivity (Wildman–Crippen MR) is 68.7 cm³/mol. The maximum absolute atomic E-state index is 9.73. The van der Waals surface area contributed by atoms with E-state index in [0.29, 0.717) is 12.5 Å². The molecule has 2 nitrogen and oxygen atoms in total. The van der Waals surface area contributed by atoms with Gasteiger partial charge in [0.05, 0.1) is 5.60 Å². The van der Waals surface area contributed by atoms with Crippen LogP contribution in [0.5, 0.6) is 0 Å². The third-order valence-corrected chi connectivity index (χ3v) is 2.61. The normalized spacial score (nSPS) is 14.1. The highest BCUT2D eigenvalue weighted by atomic mass is 16.3. The Balaban J connectivity index is 2.49. The van der Waals surface area contributed by atoms with Gasteiger partial charge in [0, 0.05) is 13.1 Å². The van der Waals surface area contributed by atoms with Crippen molar-refractivity contribution in [2.75, 3.05) is 20.1 Å². The molecule has 1 unspecified atom stereocenters. The fourth-order valence-corrected chi connectivity index (χ4v) is 2.08. The van der Waals surface area contributed by atoms with Gasteiger partial charge in [-0.1, -0.05) is 37.3 Å². The van der Waals surface area contributed by atoms with E-state index in [1.807, 2.05) is 19.9 Å². The molecule has 0 bridgehead atoms. The molecule has 1 N–H and O–H groups in total. The molecule has 0 aliphatic heterocycles. The second kappa shape index (κ2) is 5.46. The molecule has 1 rings (SSSR count). The van der Waals surface area contributed by atoms with Crippen molar-refractivity contribution < 1.29 is 5.11 Å². The zero-order valence-corrected chi connectivity index (χ0v) is 10.8. The number of aliphatic hydroxyl groups is 1. The maximum Gasteiger partial charge on any atom is 0.0718 e. The van der Waals surface area contributed by atoms with E-state index in [4.69, 9.17) is 0 Å². The minimum absolute atomic E-state index is 0.494. The van der Waals surface area contributed by atoms with Crippen molar-refractivity contribution in [2.24, 2.45) is 0 Å². The molecule has 1 aromatic rings. The van der Waals surface area contributed by atoms with Crippen LogP contribution in [-0.4, -0.2) is 35.7 Å². The molecular formula is C14H23NO. The first-order valence-corrected chi connectivity index (χ1v) is 5.84. The number of likely N-dealkylation sites (N-methyl/N-ethyl adjacent to an activating group) is 1. The van der Waals surface area contributed by atoms with Gasteiger partial charge in [-0.3, -0.25) is 0 Å². The molecule has 90 valence electrons. The standard InChI is InChI=1S/C14H23NO/c1-12(13-8-6-5-7-9-13)10-15(4)11-14(2,3)16/h5-9,12,16H,10-11H2,1-4H3. The molecule has 0 aromatic heterocycles. The van der Waals surface area contributed by atoms with E-state index in [1.165, 1.54) is 5.56 Å². The van der Waals surface area contributed by atoms with E-state index in [2.05, 4.69) is 43.1 Å². The molecule has 0 fully saturated rings. The lowest BCUT2D eigenvalue weighted by atomic mass is 10.0. The summed E-state index contributed by atoms with van der Waals surface area (Å²) in [5, 5.41) is 9.73.